The fraction of sp³-hybridized carbons (Fsp3) is 0.857. The topological polar surface area (TPSA) is 69.6 Å². The van der Waals surface area contributed by atoms with E-state index in [0.29, 0.717) is 6.54 Å². The number of rotatable bonds is 6. The van der Waals surface area contributed by atoms with Crippen LogP contribution in [0, 0.1) is 0 Å². The average molecular weight is 216 g/mol. The van der Waals surface area contributed by atoms with Crippen molar-refractivity contribution >= 4 is 5.97 Å². The van der Waals surface area contributed by atoms with E-state index in [9.17, 15) is 4.79 Å². The summed E-state index contributed by atoms with van der Waals surface area (Å²) in [6.07, 6.45) is 1.17. The first kappa shape index (κ1) is 14.4. The second-order valence-corrected chi connectivity index (χ2v) is 2.36. The van der Waals surface area contributed by atoms with Gasteiger partial charge < -0.3 is 15.5 Å². The van der Waals surface area contributed by atoms with Crippen LogP contribution in [0.2, 0.25) is 0 Å². The van der Waals surface area contributed by atoms with Gasteiger partial charge in [0.25, 0.3) is 0 Å². The summed E-state index contributed by atoms with van der Waals surface area (Å²) in [5.41, 5.74) is 0. The zero-order valence-electron chi connectivity index (χ0n) is 7.09. The van der Waals surface area contributed by atoms with E-state index in [1.54, 1.807) is 0 Å². The first-order valence-corrected chi connectivity index (χ1v) is 3.79. The first-order valence-electron chi connectivity index (χ1n) is 3.79. The van der Waals surface area contributed by atoms with Crippen molar-refractivity contribution in [2.45, 2.75) is 25.8 Å². The minimum atomic E-state index is -0.896. The summed E-state index contributed by atoms with van der Waals surface area (Å²) in [5.74, 6) is -0.896. The quantitative estimate of drug-likeness (QED) is 0.539. The predicted octanol–water partition coefficient (Wildman–Crippen LogP) is -0.181. The summed E-state index contributed by atoms with van der Waals surface area (Å²) >= 11 is 0. The Morgan fingerprint density at radius 3 is 2.50 bits per heavy atom. The number of aliphatic hydroxyl groups excluding tert-OH is 1. The molecule has 0 aromatic rings. The van der Waals surface area contributed by atoms with Crippen molar-refractivity contribution in [3.05, 3.63) is 0 Å². The number of carboxylic acid groups (broad SMARTS) is 1. The minimum absolute atomic E-state index is 0. The molecule has 0 rings (SSSR count). The molecule has 1 unspecified atom stereocenters. The summed E-state index contributed by atoms with van der Waals surface area (Å²) < 4.78 is 0. The molecular formula is C7H15MnNO3. The molecule has 0 fully saturated rings. The Kier molecular flexibility index (Phi) is 10.8. The fourth-order valence-electron chi connectivity index (χ4n) is 0.761. The Labute approximate surface area is 82.8 Å². The van der Waals surface area contributed by atoms with Crippen LogP contribution in [0.15, 0.2) is 0 Å². The van der Waals surface area contributed by atoms with Gasteiger partial charge in [-0.25, -0.2) is 0 Å². The molecule has 0 aliphatic heterocycles. The van der Waals surface area contributed by atoms with Gasteiger partial charge in [0.05, 0.1) is 0 Å². The van der Waals surface area contributed by atoms with Crippen molar-refractivity contribution in [3.8, 4) is 0 Å². The number of hydrogen-bond acceptors (Lipinski definition) is 3. The van der Waals surface area contributed by atoms with Crippen LogP contribution in [-0.2, 0) is 21.9 Å². The number of aliphatic hydroxyl groups is 1. The van der Waals surface area contributed by atoms with Crippen molar-refractivity contribution in [2.75, 3.05) is 13.2 Å². The van der Waals surface area contributed by atoms with E-state index in [1.165, 1.54) is 0 Å². The molecule has 12 heavy (non-hydrogen) atoms. The largest absolute Gasteiger partial charge is 0.480 e. The Morgan fingerprint density at radius 1 is 1.58 bits per heavy atom. The third kappa shape index (κ3) is 6.61. The maximum atomic E-state index is 10.4. The van der Waals surface area contributed by atoms with E-state index in [1.807, 2.05) is 6.92 Å². The number of carboxylic acids is 1. The van der Waals surface area contributed by atoms with Crippen molar-refractivity contribution in [1.29, 1.82) is 0 Å². The number of aliphatic carboxylic acids is 1. The third-order valence-electron chi connectivity index (χ3n) is 1.36. The molecule has 5 heteroatoms. The Balaban J connectivity index is 0. The van der Waals surface area contributed by atoms with Gasteiger partial charge in [-0.05, 0) is 19.4 Å². The predicted molar refractivity (Wildman–Crippen MR) is 41.4 cm³/mol. The Bertz CT molecular complexity index is 121. The maximum Gasteiger partial charge on any atom is 0.320 e. The summed E-state index contributed by atoms with van der Waals surface area (Å²) in [5, 5.41) is 19.8. The van der Waals surface area contributed by atoms with E-state index in [2.05, 4.69) is 5.32 Å². The van der Waals surface area contributed by atoms with Crippen LogP contribution < -0.4 is 5.32 Å². The van der Waals surface area contributed by atoms with Gasteiger partial charge >= 0.3 is 5.97 Å². The smallest absolute Gasteiger partial charge is 0.320 e. The van der Waals surface area contributed by atoms with Gasteiger partial charge in [0, 0.05) is 23.7 Å². The standard InChI is InChI=1S/C7H15NO3.Mn/c1-2-4-8-6(3-5-9)7(10)11;/h6,8-9H,2-5H2,1H3,(H,10,11);. The van der Waals surface area contributed by atoms with Crippen molar-refractivity contribution in [2.24, 2.45) is 0 Å². The summed E-state index contributed by atoms with van der Waals surface area (Å²) in [6, 6.07) is -0.597. The Morgan fingerprint density at radius 2 is 2.17 bits per heavy atom. The molecule has 0 amide bonds. The zero-order valence-corrected chi connectivity index (χ0v) is 8.27. The summed E-state index contributed by atoms with van der Waals surface area (Å²) in [7, 11) is 0. The zero-order chi connectivity index (χ0) is 8.69. The Hall–Kier alpha value is -0.0905. The van der Waals surface area contributed by atoms with Gasteiger partial charge in [0.15, 0.2) is 0 Å². The molecule has 0 heterocycles. The molecule has 1 radical (unpaired) electrons. The van der Waals surface area contributed by atoms with Crippen LogP contribution in [-0.4, -0.2) is 35.4 Å². The van der Waals surface area contributed by atoms with Crippen LogP contribution in [0.3, 0.4) is 0 Å². The van der Waals surface area contributed by atoms with Crippen molar-refractivity contribution in [3.63, 3.8) is 0 Å². The average Bonchev–Trinajstić information content (AvgIpc) is 1.97. The third-order valence-corrected chi connectivity index (χ3v) is 1.36. The normalized spacial score (nSPS) is 11.8. The van der Waals surface area contributed by atoms with E-state index >= 15 is 0 Å². The van der Waals surface area contributed by atoms with Gasteiger partial charge in [0.1, 0.15) is 6.04 Å². The molecule has 4 nitrogen and oxygen atoms in total. The molecule has 0 bridgehead atoms. The SMILES string of the molecule is CCCNC(CCO)C(=O)O.[Mn]. The molecule has 73 valence electrons. The van der Waals surface area contributed by atoms with Gasteiger partial charge in [-0.3, -0.25) is 4.79 Å². The van der Waals surface area contributed by atoms with E-state index in [4.69, 9.17) is 10.2 Å². The molecule has 3 N–H and O–H groups in total. The second kappa shape index (κ2) is 9.00. The van der Waals surface area contributed by atoms with Gasteiger partial charge in [-0.15, -0.1) is 0 Å². The molecular weight excluding hydrogens is 201 g/mol. The van der Waals surface area contributed by atoms with Crippen molar-refractivity contribution in [1.82, 2.24) is 5.32 Å². The number of nitrogens with one attached hydrogen (secondary N) is 1. The molecule has 0 aliphatic rings. The molecule has 0 aromatic heterocycles. The number of carbonyl (C=O) groups is 1. The van der Waals surface area contributed by atoms with Crippen LogP contribution in [0.4, 0.5) is 0 Å². The summed E-state index contributed by atoms with van der Waals surface area (Å²) in [6.45, 7) is 2.55. The van der Waals surface area contributed by atoms with Crippen LogP contribution in [0.1, 0.15) is 19.8 Å². The van der Waals surface area contributed by atoms with Crippen LogP contribution in [0.5, 0.6) is 0 Å². The minimum Gasteiger partial charge on any atom is -0.480 e. The molecule has 1 atom stereocenters. The second-order valence-electron chi connectivity index (χ2n) is 2.36. The summed E-state index contributed by atoms with van der Waals surface area (Å²) in [4.78, 5) is 10.4. The maximum absolute atomic E-state index is 10.4. The van der Waals surface area contributed by atoms with Gasteiger partial charge in [-0.2, -0.15) is 0 Å². The molecule has 0 saturated carbocycles. The molecule has 0 saturated heterocycles. The first-order chi connectivity index (χ1) is 5.22. The molecule has 0 aliphatic carbocycles. The van der Waals surface area contributed by atoms with Crippen LogP contribution in [0.25, 0.3) is 0 Å². The van der Waals surface area contributed by atoms with Crippen molar-refractivity contribution < 1.29 is 32.1 Å². The number of hydrogen-bond donors (Lipinski definition) is 3. The molecule has 0 aromatic carbocycles. The molecule has 0 spiro atoms. The van der Waals surface area contributed by atoms with E-state index in [0.717, 1.165) is 6.42 Å². The van der Waals surface area contributed by atoms with E-state index in [-0.39, 0.29) is 30.1 Å². The van der Waals surface area contributed by atoms with Gasteiger partial charge in [0.2, 0.25) is 0 Å². The van der Waals surface area contributed by atoms with Gasteiger partial charge in [-0.1, -0.05) is 6.92 Å². The van der Waals surface area contributed by atoms with E-state index < -0.39 is 12.0 Å². The fourth-order valence-corrected chi connectivity index (χ4v) is 0.761. The monoisotopic (exact) mass is 216 g/mol. The van der Waals surface area contributed by atoms with Crippen LogP contribution >= 0.6 is 0 Å².